The highest BCUT2D eigenvalue weighted by Gasteiger charge is 1.36. The molecule has 0 aliphatic carbocycles. The highest BCUT2D eigenvalue weighted by molar-refractivity contribution is 6.16. The molecule has 2 N–H and O–H groups in total. The van der Waals surface area contributed by atoms with Crippen molar-refractivity contribution in [1.82, 2.24) is 0 Å². The Morgan fingerprint density at radius 2 is 2.40 bits per heavy atom. The first-order valence-electron chi connectivity index (χ1n) is 1.49. The van der Waals surface area contributed by atoms with Crippen molar-refractivity contribution in [3.05, 3.63) is 17.9 Å². The van der Waals surface area contributed by atoms with E-state index in [1.165, 1.54) is 6.20 Å². The molecule has 2 heteroatoms. The first-order valence-corrected chi connectivity index (χ1v) is 1.49. The second-order valence-electron chi connectivity index (χ2n) is 0.622. The van der Waals surface area contributed by atoms with Crippen molar-refractivity contribution in [2.24, 2.45) is 5.73 Å². The van der Waals surface area contributed by atoms with Gasteiger partial charge in [0.05, 0.1) is 0 Å². The largest absolute Gasteiger partial charge is 0.398 e. The fourth-order valence-corrected chi connectivity index (χ4v) is 0.0962. The van der Waals surface area contributed by atoms with Gasteiger partial charge in [0.2, 0.25) is 0 Å². The van der Waals surface area contributed by atoms with E-state index < -0.39 is 0 Å². The molecule has 0 rings (SSSR count). The molecular weight excluding hydrogens is 60.9 g/mol. The third-order valence-corrected chi connectivity index (χ3v) is 0.263. The Morgan fingerprint density at radius 3 is 2.40 bits per heavy atom. The molecule has 0 aliphatic rings. The Hall–Kier alpha value is -0.615. The maximum absolute atomic E-state index is 4.87. The van der Waals surface area contributed by atoms with E-state index in [1.54, 1.807) is 5.98 Å². The summed E-state index contributed by atoms with van der Waals surface area (Å²) in [6.07, 6.45) is 1.38. The van der Waals surface area contributed by atoms with Crippen LogP contribution in [0.25, 0.3) is 0 Å². The average Bonchev–Trinajstić information content (AvgIpc) is 1.41. The van der Waals surface area contributed by atoms with Crippen molar-refractivity contribution in [3.63, 3.8) is 0 Å². The van der Waals surface area contributed by atoms with Gasteiger partial charge in [0, 0.05) is 6.20 Å². The van der Waals surface area contributed by atoms with Crippen LogP contribution in [0.1, 0.15) is 0 Å². The van der Waals surface area contributed by atoms with Crippen LogP contribution in [0.4, 0.5) is 0 Å². The van der Waals surface area contributed by atoms with Gasteiger partial charge in [0.15, 0.2) is 0 Å². The summed E-state index contributed by atoms with van der Waals surface area (Å²) >= 11 is 0. The fraction of sp³-hybridized carbons (Fsp3) is 0. The zero-order chi connectivity index (χ0) is 4.12. The van der Waals surface area contributed by atoms with Crippen LogP contribution in [-0.4, -0.2) is 7.85 Å². The van der Waals surface area contributed by atoms with Gasteiger partial charge in [-0.05, 0) is 0 Å². The van der Waals surface area contributed by atoms with E-state index in [4.69, 9.17) is 5.73 Å². The second kappa shape index (κ2) is 3.38. The van der Waals surface area contributed by atoms with E-state index in [9.17, 15) is 0 Å². The van der Waals surface area contributed by atoms with Crippen molar-refractivity contribution in [2.75, 3.05) is 0 Å². The van der Waals surface area contributed by atoms with Crippen LogP contribution in [-0.2, 0) is 0 Å². The summed E-state index contributed by atoms with van der Waals surface area (Å²) < 4.78 is 0. The van der Waals surface area contributed by atoms with Crippen LogP contribution in [0, 0.1) is 0 Å². The number of hydrogen-bond acceptors (Lipinski definition) is 1. The van der Waals surface area contributed by atoms with Crippen molar-refractivity contribution < 1.29 is 0 Å². The van der Waals surface area contributed by atoms with Crippen molar-refractivity contribution in [3.8, 4) is 0 Å². The van der Waals surface area contributed by atoms with Crippen molar-refractivity contribution >= 4 is 7.85 Å². The Morgan fingerprint density at radius 1 is 1.80 bits per heavy atom. The molecule has 1 nitrogen and oxygen atoms in total. The smallest absolute Gasteiger partial charge is 0.139 e. The quantitative estimate of drug-likeness (QED) is 0.291. The van der Waals surface area contributed by atoms with Crippen LogP contribution in [0.15, 0.2) is 17.9 Å². The lowest BCUT2D eigenvalue weighted by Gasteiger charge is -1.51. The summed E-state index contributed by atoms with van der Waals surface area (Å²) in [6.45, 7) is 0. The van der Waals surface area contributed by atoms with Gasteiger partial charge in [-0.2, -0.15) is 0 Å². The molecular formula is C3H6BN. The first kappa shape index (κ1) is 4.38. The molecule has 5 heavy (non-hydrogen) atoms. The van der Waals surface area contributed by atoms with Crippen molar-refractivity contribution in [2.45, 2.75) is 0 Å². The molecule has 0 aromatic rings. The minimum atomic E-state index is 1.38. The number of nitrogens with two attached hydrogens (primary N) is 1. The van der Waals surface area contributed by atoms with Gasteiger partial charge in [-0.15, -0.1) is 5.73 Å². The molecule has 0 atom stereocenters. The number of rotatable bonds is 0. The standard InChI is InChI=1S/C3H6BN/c4-2-1-3-5/h2-3H,4-5H2. The zero-order valence-corrected chi connectivity index (χ0v) is 3.23. The maximum atomic E-state index is 4.87. The van der Waals surface area contributed by atoms with Crippen LogP contribution in [0.2, 0.25) is 0 Å². The Labute approximate surface area is 32.6 Å². The van der Waals surface area contributed by atoms with Gasteiger partial charge in [-0.3, -0.25) is 0 Å². The summed E-state index contributed by atoms with van der Waals surface area (Å²) in [5, 5.41) is 0. The van der Waals surface area contributed by atoms with Crippen LogP contribution >= 0.6 is 0 Å². The van der Waals surface area contributed by atoms with Gasteiger partial charge in [0.25, 0.3) is 0 Å². The highest BCUT2D eigenvalue weighted by Crippen LogP contribution is 1.43. The van der Waals surface area contributed by atoms with Crippen molar-refractivity contribution in [1.29, 1.82) is 0 Å². The van der Waals surface area contributed by atoms with Crippen LogP contribution in [0.5, 0.6) is 0 Å². The summed E-state index contributed by atoms with van der Waals surface area (Å²) in [6, 6.07) is 0. The molecule has 0 amide bonds. The number of hydrogen-bond donors (Lipinski definition) is 1. The molecule has 0 heterocycles. The topological polar surface area (TPSA) is 26.0 Å². The maximum Gasteiger partial charge on any atom is 0.139 e. The fourth-order valence-electron chi connectivity index (χ4n) is 0.0962. The molecule has 0 bridgehead atoms. The van der Waals surface area contributed by atoms with Gasteiger partial charge in [0.1, 0.15) is 7.85 Å². The molecule has 0 fully saturated rings. The lowest BCUT2D eigenvalue weighted by Crippen LogP contribution is -1.69. The predicted molar refractivity (Wildman–Crippen MR) is 25.4 cm³/mol. The lowest BCUT2D eigenvalue weighted by atomic mass is 10.2. The third kappa shape index (κ3) is 3.38. The summed E-state index contributed by atoms with van der Waals surface area (Å²) in [7, 11) is 1.86. The molecule has 0 unspecified atom stereocenters. The predicted octanol–water partition coefficient (Wildman–Crippen LogP) is -0.796. The van der Waals surface area contributed by atoms with Gasteiger partial charge in [-0.1, -0.05) is 5.98 Å². The first-order chi connectivity index (χ1) is 2.41. The monoisotopic (exact) mass is 67.1 g/mol. The average molecular weight is 66.9 g/mol. The van der Waals surface area contributed by atoms with E-state index in [1.807, 2.05) is 7.85 Å². The third-order valence-electron chi connectivity index (χ3n) is 0.263. The molecule has 0 aromatic heterocycles. The second-order valence-corrected chi connectivity index (χ2v) is 0.622. The molecule has 0 aromatic carbocycles. The minimum Gasteiger partial charge on any atom is -0.398 e. The Kier molecular flexibility index (Phi) is 2.97. The summed E-state index contributed by atoms with van der Waals surface area (Å²) in [5.41, 5.74) is 7.51. The van der Waals surface area contributed by atoms with Crippen LogP contribution < -0.4 is 5.73 Å². The molecule has 0 aliphatic heterocycles. The summed E-state index contributed by atoms with van der Waals surface area (Å²) in [4.78, 5) is 0. The molecule has 0 saturated carbocycles. The van der Waals surface area contributed by atoms with Gasteiger partial charge in [-0.25, -0.2) is 0 Å². The van der Waals surface area contributed by atoms with Crippen LogP contribution in [0.3, 0.4) is 0 Å². The van der Waals surface area contributed by atoms with Gasteiger partial charge >= 0.3 is 0 Å². The van der Waals surface area contributed by atoms with E-state index in [-0.39, 0.29) is 0 Å². The molecule has 0 radical (unpaired) electrons. The van der Waals surface area contributed by atoms with E-state index in [0.717, 1.165) is 0 Å². The summed E-state index contributed by atoms with van der Waals surface area (Å²) in [5.74, 6) is 1.75. The normalized spacial score (nSPS) is 4.80. The SMILES string of the molecule is BC=C=CN. The van der Waals surface area contributed by atoms with Gasteiger partial charge < -0.3 is 5.73 Å². The van der Waals surface area contributed by atoms with E-state index >= 15 is 0 Å². The van der Waals surface area contributed by atoms with E-state index in [0.29, 0.717) is 0 Å². The molecule has 26 valence electrons. The Balaban J connectivity index is 3.26. The minimum absolute atomic E-state index is 1.38. The Bertz CT molecular complexity index is 55.3. The zero-order valence-electron chi connectivity index (χ0n) is 3.23. The highest BCUT2D eigenvalue weighted by atomic mass is 14.5. The molecule has 0 spiro atoms. The molecule has 0 saturated heterocycles. The van der Waals surface area contributed by atoms with E-state index in [2.05, 4.69) is 5.73 Å². The lowest BCUT2D eigenvalue weighted by molar-refractivity contribution is 1.63.